The summed E-state index contributed by atoms with van der Waals surface area (Å²) in [7, 11) is 0. The summed E-state index contributed by atoms with van der Waals surface area (Å²) in [4.78, 5) is 63.8. The lowest BCUT2D eigenvalue weighted by molar-refractivity contribution is -0.133. The van der Waals surface area contributed by atoms with E-state index in [2.05, 4.69) is 21.3 Å². The Balaban J connectivity index is 2.05. The predicted octanol–water partition coefficient (Wildman–Crippen LogP) is 1.09. The van der Waals surface area contributed by atoms with E-state index in [1.54, 1.807) is 0 Å². The third-order valence-corrected chi connectivity index (χ3v) is 6.84. The Labute approximate surface area is 253 Å². The Morgan fingerprint density at radius 2 is 1.28 bits per heavy atom. The molecule has 8 N–H and O–H groups in total. The summed E-state index contributed by atoms with van der Waals surface area (Å²) in [6.07, 6.45) is 2.73. The monoisotopic (exact) mass is 594 g/mol. The second-order valence-corrected chi connectivity index (χ2v) is 11.1. The van der Waals surface area contributed by atoms with Crippen LogP contribution in [-0.2, 0) is 36.8 Å². The smallest absolute Gasteiger partial charge is 0.243 e. The molecule has 0 aromatic heterocycles. The number of hydrogen-bond acceptors (Lipinski definition) is 6. The molecule has 0 spiro atoms. The summed E-state index contributed by atoms with van der Waals surface area (Å²) < 4.78 is 0. The van der Waals surface area contributed by atoms with Crippen molar-refractivity contribution in [2.45, 2.75) is 83.5 Å². The average molecular weight is 595 g/mol. The van der Waals surface area contributed by atoms with Gasteiger partial charge < -0.3 is 32.7 Å². The third-order valence-electron chi connectivity index (χ3n) is 6.84. The quantitative estimate of drug-likeness (QED) is 0.150. The van der Waals surface area contributed by atoms with Gasteiger partial charge in [0, 0.05) is 6.42 Å². The molecule has 0 saturated carbocycles. The lowest BCUT2D eigenvalue weighted by Crippen LogP contribution is -2.56. The number of unbranched alkanes of at least 4 members (excludes halogenated alkanes) is 1. The first-order valence-electron chi connectivity index (χ1n) is 14.8. The van der Waals surface area contributed by atoms with Crippen molar-refractivity contribution in [1.82, 2.24) is 21.3 Å². The molecule has 0 heterocycles. The second-order valence-electron chi connectivity index (χ2n) is 11.1. The summed E-state index contributed by atoms with van der Waals surface area (Å²) in [5.74, 6) is -2.76. The van der Waals surface area contributed by atoms with E-state index in [-0.39, 0.29) is 12.3 Å². The largest absolute Gasteiger partial charge is 0.368 e. The van der Waals surface area contributed by atoms with E-state index < -0.39 is 60.2 Å². The van der Waals surface area contributed by atoms with E-state index in [1.807, 2.05) is 81.4 Å². The number of rotatable bonds is 18. The summed E-state index contributed by atoms with van der Waals surface area (Å²) in [5, 5.41) is 10.6. The molecular formula is C32H46N6O5. The van der Waals surface area contributed by atoms with Gasteiger partial charge in [-0.2, -0.15) is 0 Å². The highest BCUT2D eigenvalue weighted by atomic mass is 16.2. The molecule has 43 heavy (non-hydrogen) atoms. The first-order valence-corrected chi connectivity index (χ1v) is 14.8. The van der Waals surface area contributed by atoms with Gasteiger partial charge in [0.25, 0.3) is 0 Å². The van der Waals surface area contributed by atoms with Crippen molar-refractivity contribution in [2.24, 2.45) is 17.4 Å². The van der Waals surface area contributed by atoms with Crippen LogP contribution in [0.15, 0.2) is 60.7 Å². The van der Waals surface area contributed by atoms with Gasteiger partial charge in [-0.25, -0.2) is 0 Å². The molecule has 11 nitrogen and oxygen atoms in total. The van der Waals surface area contributed by atoms with Crippen LogP contribution in [0, 0.1) is 5.92 Å². The Morgan fingerprint density at radius 1 is 0.721 bits per heavy atom. The number of nitrogens with two attached hydrogens (primary N) is 2. The van der Waals surface area contributed by atoms with Crippen LogP contribution in [0.1, 0.15) is 57.6 Å². The Morgan fingerprint density at radius 3 is 1.81 bits per heavy atom. The number of nitrogens with one attached hydrogen (secondary N) is 4. The fourth-order valence-corrected chi connectivity index (χ4v) is 4.50. The van der Waals surface area contributed by atoms with Crippen LogP contribution in [0.5, 0.6) is 0 Å². The van der Waals surface area contributed by atoms with Crippen molar-refractivity contribution in [3.05, 3.63) is 71.8 Å². The van der Waals surface area contributed by atoms with Crippen molar-refractivity contribution < 1.29 is 24.0 Å². The van der Waals surface area contributed by atoms with E-state index in [0.29, 0.717) is 25.7 Å². The van der Waals surface area contributed by atoms with Gasteiger partial charge in [-0.3, -0.25) is 24.0 Å². The van der Waals surface area contributed by atoms with Crippen molar-refractivity contribution in [3.63, 3.8) is 0 Å². The van der Waals surface area contributed by atoms with Gasteiger partial charge in [-0.1, -0.05) is 94.3 Å². The lowest BCUT2D eigenvalue weighted by atomic mass is 10.0. The van der Waals surface area contributed by atoms with Gasteiger partial charge >= 0.3 is 0 Å². The van der Waals surface area contributed by atoms with Gasteiger partial charge in [0.15, 0.2) is 0 Å². The topological polar surface area (TPSA) is 186 Å². The molecule has 2 aromatic rings. The highest BCUT2D eigenvalue weighted by Gasteiger charge is 2.28. The molecule has 4 atom stereocenters. The molecule has 11 heteroatoms. The normalized spacial score (nSPS) is 13.7. The van der Waals surface area contributed by atoms with Crippen LogP contribution in [0.2, 0.25) is 0 Å². The average Bonchev–Trinajstić information content (AvgIpc) is 2.97. The molecule has 0 radical (unpaired) electrons. The standard InChI is InChI=1S/C32H46N6O5/c1-4-5-16-25(29(34)40)37-32(43)26(17-21(2)3)36-28(39)20-35-31(42)27(19-23-14-10-7-11-15-23)38-30(41)24(33)18-22-12-8-6-9-13-22/h6-15,21,24-27H,4-5,16-20,33H2,1-3H3,(H2,34,40)(H,35,42)(H,36,39)(H,37,43)(H,38,41)/t24-,25-,26-,27-/m0/s1. The highest BCUT2D eigenvalue weighted by Crippen LogP contribution is 2.08. The molecule has 0 aliphatic heterocycles. The zero-order chi connectivity index (χ0) is 31.8. The minimum absolute atomic E-state index is 0.0545. The molecule has 0 unspecified atom stereocenters. The predicted molar refractivity (Wildman–Crippen MR) is 165 cm³/mol. The summed E-state index contributed by atoms with van der Waals surface area (Å²) in [5.41, 5.74) is 13.3. The highest BCUT2D eigenvalue weighted by molar-refractivity contribution is 5.94. The van der Waals surface area contributed by atoms with E-state index in [1.165, 1.54) is 0 Å². The van der Waals surface area contributed by atoms with Crippen LogP contribution in [0.25, 0.3) is 0 Å². The summed E-state index contributed by atoms with van der Waals surface area (Å²) >= 11 is 0. The van der Waals surface area contributed by atoms with Crippen molar-refractivity contribution in [3.8, 4) is 0 Å². The Hall–Kier alpha value is -4.25. The zero-order valence-corrected chi connectivity index (χ0v) is 25.3. The molecule has 234 valence electrons. The maximum atomic E-state index is 13.2. The van der Waals surface area contributed by atoms with E-state index >= 15 is 0 Å². The maximum absolute atomic E-state index is 13.2. The van der Waals surface area contributed by atoms with Crippen LogP contribution >= 0.6 is 0 Å². The first kappa shape index (κ1) is 34.9. The SMILES string of the molecule is CCCC[C@H](NC(=O)[C@H](CC(C)C)NC(=O)CNC(=O)[C@H](Cc1ccccc1)NC(=O)[C@@H](N)Cc1ccccc1)C(N)=O. The number of amides is 5. The molecule has 5 amide bonds. The minimum Gasteiger partial charge on any atom is -0.368 e. The first-order chi connectivity index (χ1) is 20.5. The number of carbonyl (C=O) groups excluding carboxylic acids is 5. The molecular weight excluding hydrogens is 548 g/mol. The molecule has 0 bridgehead atoms. The number of benzene rings is 2. The number of carbonyl (C=O) groups is 5. The van der Waals surface area contributed by atoms with Gasteiger partial charge in [-0.05, 0) is 36.3 Å². The summed E-state index contributed by atoms with van der Waals surface area (Å²) in [6, 6.07) is 14.8. The van der Waals surface area contributed by atoms with E-state index in [0.717, 1.165) is 17.5 Å². The zero-order valence-electron chi connectivity index (χ0n) is 25.3. The van der Waals surface area contributed by atoms with Crippen LogP contribution < -0.4 is 32.7 Å². The lowest BCUT2D eigenvalue weighted by Gasteiger charge is -2.24. The Bertz CT molecular complexity index is 1190. The van der Waals surface area contributed by atoms with Gasteiger partial charge in [-0.15, -0.1) is 0 Å². The van der Waals surface area contributed by atoms with Crippen molar-refractivity contribution in [1.29, 1.82) is 0 Å². The third kappa shape index (κ3) is 13.1. The van der Waals surface area contributed by atoms with Crippen molar-refractivity contribution in [2.75, 3.05) is 6.54 Å². The van der Waals surface area contributed by atoms with Crippen molar-refractivity contribution >= 4 is 29.5 Å². The molecule has 0 saturated heterocycles. The van der Waals surface area contributed by atoms with Crippen LogP contribution in [0.4, 0.5) is 0 Å². The molecule has 0 aliphatic rings. The second kappa shape index (κ2) is 18.3. The number of primary amides is 1. The van der Waals surface area contributed by atoms with Crippen LogP contribution in [0.3, 0.4) is 0 Å². The van der Waals surface area contributed by atoms with E-state index in [4.69, 9.17) is 11.5 Å². The molecule has 2 rings (SSSR count). The molecule has 0 fully saturated rings. The van der Waals surface area contributed by atoms with Crippen LogP contribution in [-0.4, -0.2) is 60.2 Å². The van der Waals surface area contributed by atoms with E-state index in [9.17, 15) is 24.0 Å². The molecule has 0 aliphatic carbocycles. The Kier molecular flexibility index (Phi) is 14.9. The molecule has 2 aromatic carbocycles. The van der Waals surface area contributed by atoms with Gasteiger partial charge in [0.2, 0.25) is 29.5 Å². The minimum atomic E-state index is -0.992. The summed E-state index contributed by atoms with van der Waals surface area (Å²) in [6.45, 7) is 5.34. The van der Waals surface area contributed by atoms with Gasteiger partial charge in [0.1, 0.15) is 18.1 Å². The fourth-order valence-electron chi connectivity index (χ4n) is 4.50. The van der Waals surface area contributed by atoms with Gasteiger partial charge in [0.05, 0.1) is 12.6 Å². The number of hydrogen-bond donors (Lipinski definition) is 6. The maximum Gasteiger partial charge on any atom is 0.243 e. The fraction of sp³-hybridized carbons (Fsp3) is 0.469.